The second-order valence-electron chi connectivity index (χ2n) is 8.21. The molecule has 1 amide bonds. The van der Waals surface area contributed by atoms with Gasteiger partial charge in [0.05, 0.1) is 0 Å². The number of benzene rings is 3. The van der Waals surface area contributed by atoms with Crippen molar-refractivity contribution < 1.29 is 9.53 Å². The molecular weight excluding hydrogens is 398 g/mol. The van der Waals surface area contributed by atoms with Crippen LogP contribution in [0, 0.1) is 6.92 Å². The van der Waals surface area contributed by atoms with Crippen LogP contribution in [0.3, 0.4) is 0 Å². The van der Waals surface area contributed by atoms with Crippen LogP contribution in [0.15, 0.2) is 78.9 Å². The molecule has 5 nitrogen and oxygen atoms in total. The molecule has 0 aliphatic carbocycles. The van der Waals surface area contributed by atoms with Crippen LogP contribution in [-0.4, -0.2) is 43.5 Å². The molecule has 1 saturated heterocycles. The summed E-state index contributed by atoms with van der Waals surface area (Å²) in [6.07, 6.45) is 0.497. The van der Waals surface area contributed by atoms with Crippen molar-refractivity contribution in [1.82, 2.24) is 4.90 Å². The fourth-order valence-corrected chi connectivity index (χ4v) is 3.99. The lowest BCUT2D eigenvalue weighted by molar-refractivity contribution is -0.116. The molecule has 1 N–H and O–H groups in total. The fraction of sp³-hybridized carbons (Fsp3) is 0.296. The first-order valence-electron chi connectivity index (χ1n) is 11.3. The van der Waals surface area contributed by atoms with Gasteiger partial charge in [0.2, 0.25) is 5.91 Å². The van der Waals surface area contributed by atoms with Gasteiger partial charge in [0, 0.05) is 50.5 Å². The molecule has 3 aromatic carbocycles. The first-order chi connectivity index (χ1) is 15.7. The lowest BCUT2D eigenvalue weighted by Gasteiger charge is -2.36. The molecule has 0 bridgehead atoms. The van der Waals surface area contributed by atoms with Gasteiger partial charge in [-0.1, -0.05) is 48.5 Å². The van der Waals surface area contributed by atoms with E-state index in [0.29, 0.717) is 13.0 Å². The Kier molecular flexibility index (Phi) is 7.41. The summed E-state index contributed by atoms with van der Waals surface area (Å²) in [7, 11) is 0. The van der Waals surface area contributed by atoms with E-state index in [4.69, 9.17) is 4.74 Å². The lowest BCUT2D eigenvalue weighted by atomic mass is 10.1. The van der Waals surface area contributed by atoms with Gasteiger partial charge in [-0.25, -0.2) is 0 Å². The molecule has 3 aromatic rings. The minimum atomic E-state index is 0.0456. The Morgan fingerprint density at radius 2 is 1.56 bits per heavy atom. The molecule has 5 heteroatoms. The minimum absolute atomic E-state index is 0.0456. The van der Waals surface area contributed by atoms with Gasteiger partial charge < -0.3 is 15.0 Å². The normalized spacial score (nSPS) is 14.2. The molecule has 0 radical (unpaired) electrons. The van der Waals surface area contributed by atoms with Crippen molar-refractivity contribution >= 4 is 17.3 Å². The van der Waals surface area contributed by atoms with E-state index in [9.17, 15) is 4.79 Å². The fourth-order valence-electron chi connectivity index (χ4n) is 3.99. The van der Waals surface area contributed by atoms with E-state index in [-0.39, 0.29) is 5.91 Å². The molecule has 1 aliphatic heterocycles. The van der Waals surface area contributed by atoms with Crippen molar-refractivity contribution in [2.45, 2.75) is 20.0 Å². The van der Waals surface area contributed by atoms with Crippen LogP contribution in [0.5, 0.6) is 5.75 Å². The van der Waals surface area contributed by atoms with Gasteiger partial charge >= 0.3 is 0 Å². The van der Waals surface area contributed by atoms with Crippen molar-refractivity contribution in [3.63, 3.8) is 0 Å². The second-order valence-corrected chi connectivity index (χ2v) is 8.21. The number of aryl methyl sites for hydroxylation is 1. The van der Waals surface area contributed by atoms with Crippen LogP contribution in [0.1, 0.15) is 17.5 Å². The Labute approximate surface area is 190 Å². The van der Waals surface area contributed by atoms with Gasteiger partial charge in [0.15, 0.2) is 0 Å². The summed E-state index contributed by atoms with van der Waals surface area (Å²) in [4.78, 5) is 17.2. The van der Waals surface area contributed by atoms with Crippen molar-refractivity contribution in [2.24, 2.45) is 0 Å². The molecule has 0 atom stereocenters. The largest absolute Gasteiger partial charge is 0.489 e. The average molecular weight is 430 g/mol. The topological polar surface area (TPSA) is 44.8 Å². The highest BCUT2D eigenvalue weighted by atomic mass is 16.5. The van der Waals surface area contributed by atoms with Crippen molar-refractivity contribution in [1.29, 1.82) is 0 Å². The number of rotatable bonds is 8. The van der Waals surface area contributed by atoms with Crippen LogP contribution in [0.2, 0.25) is 0 Å². The Hall–Kier alpha value is -3.31. The molecular formula is C27H31N3O2. The quantitative estimate of drug-likeness (QED) is 0.563. The third-order valence-corrected chi connectivity index (χ3v) is 5.87. The monoisotopic (exact) mass is 429 g/mol. The number of nitrogens with zero attached hydrogens (tertiary/aromatic N) is 2. The zero-order valence-electron chi connectivity index (χ0n) is 18.7. The number of anilines is 2. The molecule has 4 rings (SSSR count). The molecule has 0 aromatic heterocycles. The van der Waals surface area contributed by atoms with Gasteiger partial charge in [-0.2, -0.15) is 0 Å². The number of carbonyl (C=O) groups excluding carboxylic acids is 1. The Morgan fingerprint density at radius 1 is 0.875 bits per heavy atom. The molecule has 0 spiro atoms. The number of amides is 1. The first-order valence-corrected chi connectivity index (χ1v) is 11.3. The maximum absolute atomic E-state index is 12.4. The zero-order valence-corrected chi connectivity index (χ0v) is 18.7. The maximum atomic E-state index is 12.4. The minimum Gasteiger partial charge on any atom is -0.489 e. The highest BCUT2D eigenvalue weighted by Gasteiger charge is 2.18. The Bertz CT molecular complexity index is 997. The molecule has 1 fully saturated rings. The SMILES string of the molecule is Cc1ccccc1N1CCN(CCC(=O)Nc2ccc(OCc3ccccc3)cc2)CC1. The van der Waals surface area contributed by atoms with Gasteiger partial charge in [0.25, 0.3) is 0 Å². The van der Waals surface area contributed by atoms with E-state index in [2.05, 4.69) is 46.3 Å². The molecule has 166 valence electrons. The van der Waals surface area contributed by atoms with Crippen LogP contribution in [0.25, 0.3) is 0 Å². The molecule has 0 saturated carbocycles. The number of ether oxygens (including phenoxy) is 1. The summed E-state index contributed by atoms with van der Waals surface area (Å²) in [5.74, 6) is 0.836. The summed E-state index contributed by atoms with van der Waals surface area (Å²) in [6, 6.07) is 26.2. The van der Waals surface area contributed by atoms with E-state index in [1.54, 1.807) is 0 Å². The Morgan fingerprint density at radius 3 is 2.28 bits per heavy atom. The van der Waals surface area contributed by atoms with Crippen LogP contribution >= 0.6 is 0 Å². The number of nitrogens with one attached hydrogen (secondary N) is 1. The Balaban J connectivity index is 1.17. The van der Waals surface area contributed by atoms with Crippen molar-refractivity contribution in [3.8, 4) is 5.75 Å². The third kappa shape index (κ3) is 6.11. The smallest absolute Gasteiger partial charge is 0.225 e. The number of piperazine rings is 1. The van der Waals surface area contributed by atoms with Gasteiger partial charge in [0.1, 0.15) is 12.4 Å². The summed E-state index contributed by atoms with van der Waals surface area (Å²) in [5, 5.41) is 2.99. The number of hydrogen-bond acceptors (Lipinski definition) is 4. The summed E-state index contributed by atoms with van der Waals surface area (Å²) >= 11 is 0. The zero-order chi connectivity index (χ0) is 22.2. The highest BCUT2D eigenvalue weighted by molar-refractivity contribution is 5.90. The molecule has 0 unspecified atom stereocenters. The van der Waals surface area contributed by atoms with Gasteiger partial charge in [-0.15, -0.1) is 0 Å². The van der Waals surface area contributed by atoms with E-state index >= 15 is 0 Å². The average Bonchev–Trinajstić information content (AvgIpc) is 2.84. The maximum Gasteiger partial charge on any atom is 0.225 e. The predicted octanol–water partition coefficient (Wildman–Crippen LogP) is 4.72. The summed E-state index contributed by atoms with van der Waals surface area (Å²) < 4.78 is 5.80. The number of hydrogen-bond donors (Lipinski definition) is 1. The summed E-state index contributed by atoms with van der Waals surface area (Å²) in [6.45, 7) is 7.43. The van der Waals surface area contributed by atoms with Crippen LogP contribution < -0.4 is 15.0 Å². The van der Waals surface area contributed by atoms with Gasteiger partial charge in [-0.05, 0) is 48.4 Å². The van der Waals surface area contributed by atoms with Gasteiger partial charge in [-0.3, -0.25) is 9.69 Å². The first kappa shape index (κ1) is 21.9. The van der Waals surface area contributed by atoms with Crippen LogP contribution in [-0.2, 0) is 11.4 Å². The molecule has 1 heterocycles. The highest BCUT2D eigenvalue weighted by Crippen LogP contribution is 2.21. The number of para-hydroxylation sites is 1. The standard InChI is InChI=1S/C27H31N3O2/c1-22-7-5-6-10-26(22)30-19-17-29(18-20-30)16-15-27(31)28-24-11-13-25(14-12-24)32-21-23-8-3-2-4-9-23/h2-14H,15-21H2,1H3,(H,28,31). The molecule has 1 aliphatic rings. The van der Waals surface area contributed by atoms with Crippen LogP contribution in [0.4, 0.5) is 11.4 Å². The van der Waals surface area contributed by atoms with Crippen molar-refractivity contribution in [3.05, 3.63) is 90.0 Å². The lowest BCUT2D eigenvalue weighted by Crippen LogP contribution is -2.47. The van der Waals surface area contributed by atoms with E-state index in [1.807, 2.05) is 54.6 Å². The van der Waals surface area contributed by atoms with E-state index in [1.165, 1.54) is 11.3 Å². The predicted molar refractivity (Wildman–Crippen MR) is 130 cm³/mol. The molecule has 32 heavy (non-hydrogen) atoms. The third-order valence-electron chi connectivity index (χ3n) is 5.87. The van der Waals surface area contributed by atoms with Crippen molar-refractivity contribution in [2.75, 3.05) is 42.9 Å². The summed E-state index contributed by atoms with van der Waals surface area (Å²) in [5.41, 5.74) is 4.56. The van der Waals surface area contributed by atoms with E-state index in [0.717, 1.165) is 49.7 Å². The second kappa shape index (κ2) is 10.8. The number of carbonyl (C=O) groups is 1. The van der Waals surface area contributed by atoms with E-state index < -0.39 is 0 Å².